The highest BCUT2D eigenvalue weighted by Gasteiger charge is 2.24. The Morgan fingerprint density at radius 3 is 2.36 bits per heavy atom. The van der Waals surface area contributed by atoms with Gasteiger partial charge in [-0.3, -0.25) is 0 Å². The first kappa shape index (κ1) is 17.4. The van der Waals surface area contributed by atoms with E-state index in [1.165, 1.54) is 28.9 Å². The third kappa shape index (κ3) is 4.28. The van der Waals surface area contributed by atoms with E-state index in [0.717, 1.165) is 23.9 Å². The lowest BCUT2D eigenvalue weighted by Gasteiger charge is -2.35. The van der Waals surface area contributed by atoms with Crippen LogP contribution in [0.15, 0.2) is 34.1 Å². The SMILES string of the molecule is CCc1cc(Br)ccc1CNC1=C(NC(C)C(C)(C)C)CC1. The van der Waals surface area contributed by atoms with E-state index in [0.29, 0.717) is 6.04 Å². The van der Waals surface area contributed by atoms with Crippen LogP contribution in [0.1, 0.15) is 58.6 Å². The summed E-state index contributed by atoms with van der Waals surface area (Å²) in [5.41, 5.74) is 5.89. The van der Waals surface area contributed by atoms with Gasteiger partial charge in [-0.25, -0.2) is 0 Å². The van der Waals surface area contributed by atoms with Gasteiger partial charge in [0.2, 0.25) is 0 Å². The van der Waals surface area contributed by atoms with Crippen LogP contribution >= 0.6 is 15.9 Å². The van der Waals surface area contributed by atoms with Crippen LogP contribution in [-0.2, 0) is 13.0 Å². The van der Waals surface area contributed by atoms with Crippen molar-refractivity contribution >= 4 is 15.9 Å². The van der Waals surface area contributed by atoms with E-state index in [4.69, 9.17) is 0 Å². The highest BCUT2D eigenvalue weighted by molar-refractivity contribution is 9.10. The van der Waals surface area contributed by atoms with Crippen LogP contribution in [0.2, 0.25) is 0 Å². The molecule has 1 aliphatic rings. The molecule has 3 heteroatoms. The quantitative estimate of drug-likeness (QED) is 0.730. The van der Waals surface area contributed by atoms with Crippen LogP contribution in [0.3, 0.4) is 0 Å². The van der Waals surface area contributed by atoms with E-state index in [2.05, 4.69) is 79.4 Å². The molecule has 0 radical (unpaired) electrons. The van der Waals surface area contributed by atoms with E-state index in [9.17, 15) is 0 Å². The Morgan fingerprint density at radius 1 is 1.14 bits per heavy atom. The Bertz CT molecular complexity index is 555. The first-order valence-corrected chi connectivity index (χ1v) is 9.10. The first-order valence-electron chi connectivity index (χ1n) is 8.31. The minimum atomic E-state index is 0.286. The van der Waals surface area contributed by atoms with Crippen molar-refractivity contribution in [3.05, 3.63) is 45.2 Å². The van der Waals surface area contributed by atoms with Crippen LogP contribution in [0.25, 0.3) is 0 Å². The molecule has 0 bridgehead atoms. The lowest BCUT2D eigenvalue weighted by Crippen LogP contribution is -2.40. The molecule has 22 heavy (non-hydrogen) atoms. The Balaban J connectivity index is 1.98. The van der Waals surface area contributed by atoms with Crippen molar-refractivity contribution in [1.82, 2.24) is 10.6 Å². The molecule has 0 saturated heterocycles. The van der Waals surface area contributed by atoms with Crippen molar-refractivity contribution in [2.45, 2.75) is 66.5 Å². The minimum Gasteiger partial charge on any atom is -0.384 e. The topological polar surface area (TPSA) is 24.1 Å². The van der Waals surface area contributed by atoms with Crippen LogP contribution in [0, 0.1) is 5.41 Å². The van der Waals surface area contributed by atoms with Gasteiger partial charge in [-0.05, 0) is 54.9 Å². The predicted octanol–water partition coefficient (Wildman–Crippen LogP) is 5.13. The Kier molecular flexibility index (Phi) is 5.60. The maximum atomic E-state index is 3.69. The summed E-state index contributed by atoms with van der Waals surface area (Å²) in [6.45, 7) is 12.3. The molecule has 1 aromatic carbocycles. The van der Waals surface area contributed by atoms with Gasteiger partial charge in [0.1, 0.15) is 0 Å². The summed E-state index contributed by atoms with van der Waals surface area (Å²) in [6.07, 6.45) is 3.41. The fourth-order valence-corrected chi connectivity index (χ4v) is 2.91. The molecule has 2 N–H and O–H groups in total. The molecule has 2 nitrogen and oxygen atoms in total. The number of halogens is 1. The van der Waals surface area contributed by atoms with Crippen molar-refractivity contribution < 1.29 is 0 Å². The third-order valence-electron chi connectivity index (χ3n) is 4.72. The van der Waals surface area contributed by atoms with E-state index < -0.39 is 0 Å². The van der Waals surface area contributed by atoms with Gasteiger partial charge < -0.3 is 10.6 Å². The average molecular weight is 365 g/mol. The van der Waals surface area contributed by atoms with E-state index in [-0.39, 0.29) is 5.41 Å². The van der Waals surface area contributed by atoms with Gasteiger partial charge in [0, 0.05) is 28.5 Å². The molecule has 0 spiro atoms. The third-order valence-corrected chi connectivity index (χ3v) is 5.21. The van der Waals surface area contributed by atoms with Gasteiger partial charge in [-0.1, -0.05) is 49.7 Å². The molecular formula is C19H29BrN2. The summed E-state index contributed by atoms with van der Waals surface area (Å²) in [4.78, 5) is 0. The zero-order valence-corrected chi connectivity index (χ0v) is 16.1. The summed E-state index contributed by atoms with van der Waals surface area (Å²) >= 11 is 3.56. The molecule has 0 amide bonds. The first-order chi connectivity index (χ1) is 10.3. The number of allylic oxidation sites excluding steroid dienone is 2. The number of hydrogen-bond acceptors (Lipinski definition) is 2. The van der Waals surface area contributed by atoms with Crippen molar-refractivity contribution in [3.8, 4) is 0 Å². The van der Waals surface area contributed by atoms with Gasteiger partial charge in [0.25, 0.3) is 0 Å². The van der Waals surface area contributed by atoms with Crippen molar-refractivity contribution in [2.24, 2.45) is 5.41 Å². The molecule has 0 aromatic heterocycles. The zero-order valence-electron chi connectivity index (χ0n) is 14.5. The number of hydrogen-bond donors (Lipinski definition) is 2. The number of benzene rings is 1. The molecule has 1 atom stereocenters. The van der Waals surface area contributed by atoms with E-state index >= 15 is 0 Å². The van der Waals surface area contributed by atoms with E-state index in [1.54, 1.807) is 0 Å². The fourth-order valence-electron chi connectivity index (χ4n) is 2.51. The molecule has 1 aliphatic carbocycles. The lowest BCUT2D eigenvalue weighted by atomic mass is 9.86. The molecule has 1 unspecified atom stereocenters. The van der Waals surface area contributed by atoms with Gasteiger partial charge in [-0.2, -0.15) is 0 Å². The maximum absolute atomic E-state index is 3.69. The summed E-state index contributed by atoms with van der Waals surface area (Å²) in [5.74, 6) is 0. The van der Waals surface area contributed by atoms with Gasteiger partial charge in [-0.15, -0.1) is 0 Å². The summed E-state index contributed by atoms with van der Waals surface area (Å²) in [7, 11) is 0. The number of aryl methyl sites for hydroxylation is 1. The maximum Gasteiger partial charge on any atom is 0.0401 e. The molecule has 1 aromatic rings. The van der Waals surface area contributed by atoms with E-state index in [1.807, 2.05) is 0 Å². The normalized spacial score (nSPS) is 16.3. The minimum absolute atomic E-state index is 0.286. The summed E-state index contributed by atoms with van der Waals surface area (Å²) < 4.78 is 1.16. The Hall–Kier alpha value is -0.960. The highest BCUT2D eigenvalue weighted by Crippen LogP contribution is 2.28. The zero-order chi connectivity index (χ0) is 16.3. The molecule has 122 valence electrons. The van der Waals surface area contributed by atoms with Crippen molar-refractivity contribution in [1.29, 1.82) is 0 Å². The lowest BCUT2D eigenvalue weighted by molar-refractivity contribution is 0.295. The molecule has 0 heterocycles. The number of rotatable bonds is 6. The van der Waals surface area contributed by atoms with Crippen LogP contribution < -0.4 is 10.6 Å². The Labute approximate surface area is 143 Å². The van der Waals surface area contributed by atoms with Gasteiger partial charge in [0.05, 0.1) is 0 Å². The van der Waals surface area contributed by atoms with Crippen LogP contribution in [0.5, 0.6) is 0 Å². The number of nitrogens with one attached hydrogen (secondary N) is 2. The average Bonchev–Trinajstić information content (AvgIpc) is 2.43. The Morgan fingerprint density at radius 2 is 1.82 bits per heavy atom. The second-order valence-corrected chi connectivity index (χ2v) is 8.22. The standard InChI is InChI=1S/C19H29BrN2/c1-6-14-11-16(20)8-7-15(14)12-21-17-9-10-18(17)22-13(2)19(3,4)5/h7-8,11,13,21-22H,6,9-10,12H2,1-5H3. The smallest absolute Gasteiger partial charge is 0.0401 e. The van der Waals surface area contributed by atoms with Gasteiger partial charge >= 0.3 is 0 Å². The largest absolute Gasteiger partial charge is 0.384 e. The van der Waals surface area contributed by atoms with Crippen molar-refractivity contribution in [2.75, 3.05) is 0 Å². The monoisotopic (exact) mass is 364 g/mol. The molecule has 2 rings (SSSR count). The van der Waals surface area contributed by atoms with Gasteiger partial charge in [0.15, 0.2) is 0 Å². The highest BCUT2D eigenvalue weighted by atomic mass is 79.9. The summed E-state index contributed by atoms with van der Waals surface area (Å²) in [5, 5.41) is 7.33. The van der Waals surface area contributed by atoms with Crippen LogP contribution in [-0.4, -0.2) is 6.04 Å². The fraction of sp³-hybridized carbons (Fsp3) is 0.579. The van der Waals surface area contributed by atoms with Crippen molar-refractivity contribution in [3.63, 3.8) is 0 Å². The molecule has 0 fully saturated rings. The molecule has 0 saturated carbocycles. The summed E-state index contributed by atoms with van der Waals surface area (Å²) in [6, 6.07) is 7.07. The molecular weight excluding hydrogens is 336 g/mol. The second-order valence-electron chi connectivity index (χ2n) is 7.31. The van der Waals surface area contributed by atoms with Crippen LogP contribution in [0.4, 0.5) is 0 Å². The molecule has 0 aliphatic heterocycles. The second kappa shape index (κ2) is 7.08. The predicted molar refractivity (Wildman–Crippen MR) is 98.7 cm³/mol.